The Kier molecular flexibility index (Phi) is 2.25. The van der Waals surface area contributed by atoms with Gasteiger partial charge in [-0.3, -0.25) is 0 Å². The number of nitrogens with zero attached hydrogens (tertiary/aromatic N) is 1. The number of halogens is 1. The molecule has 0 aliphatic rings. The number of methoxy groups -OCH3 is 2. The van der Waals surface area contributed by atoms with Crippen LogP contribution in [0, 0.1) is 5.95 Å². The van der Waals surface area contributed by atoms with Gasteiger partial charge in [0.2, 0.25) is 5.88 Å². The molecule has 1 aromatic heterocycles. The van der Waals surface area contributed by atoms with Crippen molar-refractivity contribution in [2.24, 2.45) is 0 Å². The summed E-state index contributed by atoms with van der Waals surface area (Å²) in [5.74, 6) is -0.305. The largest absolute Gasteiger partial charge is 0.492 e. The third kappa shape index (κ3) is 1.58. The van der Waals surface area contributed by atoms with E-state index in [0.29, 0.717) is 0 Å². The average Bonchev–Trinajstić information content (AvgIpc) is 2.04. The summed E-state index contributed by atoms with van der Waals surface area (Å²) in [4.78, 5) is 3.45. The van der Waals surface area contributed by atoms with Crippen LogP contribution in [0.25, 0.3) is 0 Å². The van der Waals surface area contributed by atoms with Gasteiger partial charge >= 0.3 is 0 Å². The summed E-state index contributed by atoms with van der Waals surface area (Å²) < 4.78 is 22.1. The molecule has 0 aliphatic carbocycles. The van der Waals surface area contributed by atoms with E-state index >= 15 is 0 Å². The topological polar surface area (TPSA) is 31.4 Å². The van der Waals surface area contributed by atoms with Gasteiger partial charge in [-0.05, 0) is 6.07 Å². The van der Waals surface area contributed by atoms with Crippen LogP contribution in [0.15, 0.2) is 12.1 Å². The van der Waals surface area contributed by atoms with E-state index in [1.54, 1.807) is 0 Å². The zero-order chi connectivity index (χ0) is 8.27. The first-order chi connectivity index (χ1) is 5.27. The molecule has 0 aromatic carbocycles. The lowest BCUT2D eigenvalue weighted by Crippen LogP contribution is -1.94. The summed E-state index contributed by atoms with van der Waals surface area (Å²) in [6.45, 7) is 0. The maximum atomic E-state index is 12.7. The summed E-state index contributed by atoms with van der Waals surface area (Å²) in [5.41, 5.74) is 0. The van der Waals surface area contributed by atoms with Gasteiger partial charge in [-0.15, -0.1) is 0 Å². The minimum atomic E-state index is -0.660. The molecule has 11 heavy (non-hydrogen) atoms. The van der Waals surface area contributed by atoms with E-state index in [9.17, 15) is 4.39 Å². The Balaban J connectivity index is 2.99. The quantitative estimate of drug-likeness (QED) is 0.605. The molecular weight excluding hydrogens is 149 g/mol. The van der Waals surface area contributed by atoms with Gasteiger partial charge in [0, 0.05) is 6.07 Å². The zero-order valence-electron chi connectivity index (χ0n) is 6.30. The number of ether oxygens (including phenoxy) is 2. The molecule has 1 heterocycles. The number of aromatic nitrogens is 1. The van der Waals surface area contributed by atoms with E-state index in [1.807, 2.05) is 0 Å². The fraction of sp³-hybridized carbons (Fsp3) is 0.286. The highest BCUT2D eigenvalue weighted by Crippen LogP contribution is 2.17. The van der Waals surface area contributed by atoms with Gasteiger partial charge in [0.15, 0.2) is 5.75 Å². The Labute approximate surface area is 63.8 Å². The molecule has 0 spiro atoms. The van der Waals surface area contributed by atoms with Crippen LogP contribution in [0.4, 0.5) is 4.39 Å². The van der Waals surface area contributed by atoms with Crippen LogP contribution in [0.5, 0.6) is 11.6 Å². The number of hydrogen-bond acceptors (Lipinski definition) is 3. The molecule has 0 radical (unpaired) electrons. The Morgan fingerprint density at radius 3 is 2.45 bits per heavy atom. The van der Waals surface area contributed by atoms with Crippen LogP contribution in [0.2, 0.25) is 0 Å². The SMILES string of the molecule is COc1ccc(OC)c(F)n1. The van der Waals surface area contributed by atoms with E-state index in [-0.39, 0.29) is 11.6 Å². The molecule has 0 amide bonds. The highest BCUT2D eigenvalue weighted by atomic mass is 19.1. The fourth-order valence-electron chi connectivity index (χ4n) is 0.671. The zero-order valence-corrected chi connectivity index (χ0v) is 6.30. The lowest BCUT2D eigenvalue weighted by molar-refractivity contribution is 0.355. The lowest BCUT2D eigenvalue weighted by Gasteiger charge is -2.01. The van der Waals surface area contributed by atoms with Crippen molar-refractivity contribution in [3.8, 4) is 11.6 Å². The Morgan fingerprint density at radius 2 is 2.00 bits per heavy atom. The van der Waals surface area contributed by atoms with Crippen LogP contribution >= 0.6 is 0 Å². The summed E-state index contributed by atoms with van der Waals surface area (Å²) in [6.07, 6.45) is 0. The minimum Gasteiger partial charge on any atom is -0.492 e. The second kappa shape index (κ2) is 3.18. The van der Waals surface area contributed by atoms with Crippen LogP contribution in [-0.4, -0.2) is 19.2 Å². The number of rotatable bonds is 2. The van der Waals surface area contributed by atoms with Gasteiger partial charge in [0.25, 0.3) is 5.95 Å². The first-order valence-corrected chi connectivity index (χ1v) is 3.02. The molecule has 0 N–H and O–H groups in total. The molecule has 0 fully saturated rings. The molecule has 0 unspecified atom stereocenters. The van der Waals surface area contributed by atoms with Crippen LogP contribution in [0.1, 0.15) is 0 Å². The monoisotopic (exact) mass is 157 g/mol. The van der Waals surface area contributed by atoms with E-state index in [1.165, 1.54) is 26.4 Å². The van der Waals surface area contributed by atoms with Crippen LogP contribution < -0.4 is 9.47 Å². The summed E-state index contributed by atoms with van der Waals surface area (Å²) in [7, 11) is 2.81. The number of pyridine rings is 1. The summed E-state index contributed by atoms with van der Waals surface area (Å²) >= 11 is 0. The van der Waals surface area contributed by atoms with Crippen molar-refractivity contribution in [2.75, 3.05) is 14.2 Å². The van der Waals surface area contributed by atoms with Crippen molar-refractivity contribution in [3.63, 3.8) is 0 Å². The van der Waals surface area contributed by atoms with Crippen molar-refractivity contribution in [1.29, 1.82) is 0 Å². The molecule has 0 bridgehead atoms. The van der Waals surface area contributed by atoms with E-state index in [2.05, 4.69) is 14.5 Å². The Morgan fingerprint density at radius 1 is 1.27 bits per heavy atom. The van der Waals surface area contributed by atoms with Gasteiger partial charge in [-0.1, -0.05) is 0 Å². The molecule has 0 aliphatic heterocycles. The van der Waals surface area contributed by atoms with E-state index in [4.69, 9.17) is 0 Å². The third-order valence-corrected chi connectivity index (χ3v) is 1.22. The predicted octanol–water partition coefficient (Wildman–Crippen LogP) is 1.24. The molecule has 3 nitrogen and oxygen atoms in total. The summed E-state index contributed by atoms with van der Waals surface area (Å²) in [5, 5.41) is 0. The van der Waals surface area contributed by atoms with Gasteiger partial charge < -0.3 is 9.47 Å². The molecule has 0 atom stereocenters. The standard InChI is InChI=1S/C7H8FNO2/c1-10-5-3-4-6(11-2)9-7(5)8/h3-4H,1-2H3. The predicted molar refractivity (Wildman–Crippen MR) is 37.3 cm³/mol. The number of hydrogen-bond donors (Lipinski definition) is 0. The molecular formula is C7H8FNO2. The lowest BCUT2D eigenvalue weighted by atomic mass is 10.4. The van der Waals surface area contributed by atoms with Crippen molar-refractivity contribution >= 4 is 0 Å². The first kappa shape index (κ1) is 7.78. The van der Waals surface area contributed by atoms with Crippen molar-refractivity contribution in [1.82, 2.24) is 4.98 Å². The maximum absolute atomic E-state index is 12.7. The smallest absolute Gasteiger partial charge is 0.258 e. The molecule has 1 aromatic rings. The third-order valence-electron chi connectivity index (χ3n) is 1.22. The molecule has 0 saturated carbocycles. The van der Waals surface area contributed by atoms with Crippen molar-refractivity contribution in [2.45, 2.75) is 0 Å². The Hall–Kier alpha value is -1.32. The molecule has 4 heteroatoms. The van der Waals surface area contributed by atoms with Gasteiger partial charge in [0.05, 0.1) is 14.2 Å². The normalized spacial score (nSPS) is 9.36. The second-order valence-corrected chi connectivity index (χ2v) is 1.85. The average molecular weight is 157 g/mol. The van der Waals surface area contributed by atoms with Crippen LogP contribution in [0.3, 0.4) is 0 Å². The molecule has 1 rings (SSSR count). The van der Waals surface area contributed by atoms with E-state index < -0.39 is 5.95 Å². The van der Waals surface area contributed by atoms with Gasteiger partial charge in [-0.25, -0.2) is 0 Å². The fourth-order valence-corrected chi connectivity index (χ4v) is 0.671. The molecule has 60 valence electrons. The highest BCUT2D eigenvalue weighted by molar-refractivity contribution is 5.24. The highest BCUT2D eigenvalue weighted by Gasteiger charge is 2.03. The summed E-state index contributed by atoms with van der Waals surface area (Å²) in [6, 6.07) is 2.99. The van der Waals surface area contributed by atoms with Gasteiger partial charge in [0.1, 0.15) is 0 Å². The Bertz CT molecular complexity index is 252. The minimum absolute atomic E-state index is 0.116. The van der Waals surface area contributed by atoms with Crippen LogP contribution in [-0.2, 0) is 0 Å². The first-order valence-electron chi connectivity index (χ1n) is 3.02. The maximum Gasteiger partial charge on any atom is 0.258 e. The van der Waals surface area contributed by atoms with Crippen molar-refractivity contribution in [3.05, 3.63) is 18.1 Å². The van der Waals surface area contributed by atoms with Gasteiger partial charge in [-0.2, -0.15) is 9.37 Å². The molecule has 0 saturated heterocycles. The second-order valence-electron chi connectivity index (χ2n) is 1.85. The van der Waals surface area contributed by atoms with E-state index in [0.717, 1.165) is 0 Å². The van der Waals surface area contributed by atoms with Crippen molar-refractivity contribution < 1.29 is 13.9 Å².